The molecule has 0 N–H and O–H groups in total. The topological polar surface area (TPSA) is 68.3 Å². The van der Waals surface area contributed by atoms with Crippen LogP contribution in [0, 0.1) is 5.92 Å². The van der Waals surface area contributed by atoms with E-state index in [-0.39, 0.29) is 25.0 Å². The zero-order valence-corrected chi connectivity index (χ0v) is 15.7. The molecule has 1 aromatic carbocycles. The van der Waals surface area contributed by atoms with Gasteiger partial charge in [-0.2, -0.15) is 0 Å². The van der Waals surface area contributed by atoms with Gasteiger partial charge < -0.3 is 24.0 Å². The van der Waals surface area contributed by atoms with Crippen molar-refractivity contribution in [2.75, 3.05) is 54.6 Å². The Labute approximate surface area is 149 Å². The first-order valence-electron chi connectivity index (χ1n) is 8.15. The molecule has 1 atom stereocenters. The van der Waals surface area contributed by atoms with Gasteiger partial charge in [-0.3, -0.25) is 9.59 Å². The van der Waals surface area contributed by atoms with Gasteiger partial charge >= 0.3 is 5.97 Å². The summed E-state index contributed by atoms with van der Waals surface area (Å²) in [5.74, 6) is 0.143. The largest absolute Gasteiger partial charge is 0.493 e. The molecule has 0 aromatic heterocycles. The van der Waals surface area contributed by atoms with Crippen LogP contribution in [0.5, 0.6) is 11.5 Å². The number of amides is 1. The summed E-state index contributed by atoms with van der Waals surface area (Å²) in [6.45, 7) is 3.09. The number of nitrogens with zero attached hydrogens (tertiary/aromatic N) is 2. The van der Waals surface area contributed by atoms with Crippen molar-refractivity contribution in [3.8, 4) is 11.5 Å². The molecule has 0 aliphatic heterocycles. The Morgan fingerprint density at radius 1 is 1.08 bits per heavy atom. The van der Waals surface area contributed by atoms with E-state index in [0.29, 0.717) is 24.6 Å². The second-order valence-corrected chi connectivity index (χ2v) is 6.01. The predicted octanol–water partition coefficient (Wildman–Crippen LogP) is 1.27. The van der Waals surface area contributed by atoms with Gasteiger partial charge in [0, 0.05) is 19.6 Å². The van der Waals surface area contributed by atoms with E-state index in [0.717, 1.165) is 0 Å². The zero-order valence-electron chi connectivity index (χ0n) is 15.7. The van der Waals surface area contributed by atoms with Crippen molar-refractivity contribution in [1.29, 1.82) is 0 Å². The summed E-state index contributed by atoms with van der Waals surface area (Å²) in [5.41, 5.74) is 0. The fourth-order valence-corrected chi connectivity index (χ4v) is 2.21. The number of likely N-dealkylation sites (N-methyl/N-ethyl adjacent to an activating group) is 1. The number of hydrogen-bond acceptors (Lipinski definition) is 6. The minimum absolute atomic E-state index is 0.123. The quantitative estimate of drug-likeness (QED) is 0.591. The van der Waals surface area contributed by atoms with Crippen LogP contribution in [-0.4, -0.2) is 76.2 Å². The van der Waals surface area contributed by atoms with Gasteiger partial charge in [0.2, 0.25) is 0 Å². The molecular formula is C18H28N2O5. The predicted molar refractivity (Wildman–Crippen MR) is 94.8 cm³/mol. The number of methoxy groups -OCH3 is 2. The van der Waals surface area contributed by atoms with Crippen molar-refractivity contribution >= 4 is 11.9 Å². The number of carbonyl (C=O) groups is 2. The Hall–Kier alpha value is -2.28. The lowest BCUT2D eigenvalue weighted by Crippen LogP contribution is -2.43. The summed E-state index contributed by atoms with van der Waals surface area (Å²) in [4.78, 5) is 27.8. The minimum atomic E-state index is -0.401. The lowest BCUT2D eigenvalue weighted by atomic mass is 10.1. The van der Waals surface area contributed by atoms with Crippen LogP contribution in [-0.2, 0) is 14.3 Å². The van der Waals surface area contributed by atoms with Crippen LogP contribution in [0.25, 0.3) is 0 Å². The molecule has 0 heterocycles. The molecule has 7 nitrogen and oxygen atoms in total. The van der Waals surface area contributed by atoms with Gasteiger partial charge in [-0.15, -0.1) is 0 Å². The lowest BCUT2D eigenvalue weighted by Gasteiger charge is -2.26. The number of rotatable bonds is 10. The molecule has 0 spiro atoms. The van der Waals surface area contributed by atoms with Crippen LogP contribution in [0.2, 0.25) is 0 Å². The second kappa shape index (κ2) is 10.6. The van der Waals surface area contributed by atoms with Crippen molar-refractivity contribution < 1.29 is 23.8 Å². The number of carbonyl (C=O) groups excluding carboxylic acids is 2. The number of esters is 1. The Balaban J connectivity index is 2.72. The van der Waals surface area contributed by atoms with Gasteiger partial charge in [0.15, 0.2) is 18.1 Å². The van der Waals surface area contributed by atoms with E-state index in [9.17, 15) is 9.59 Å². The standard InChI is InChI=1S/C18H28N2O5/c1-14(18(22)24-5)12-20(11-10-19(2)3)17(21)13-25-16-9-7-6-8-15(16)23-4/h6-9,14H,10-13H2,1-5H3. The van der Waals surface area contributed by atoms with Crippen LogP contribution < -0.4 is 9.47 Å². The zero-order chi connectivity index (χ0) is 18.8. The molecule has 7 heteroatoms. The molecule has 25 heavy (non-hydrogen) atoms. The fourth-order valence-electron chi connectivity index (χ4n) is 2.21. The summed E-state index contributed by atoms with van der Waals surface area (Å²) in [6, 6.07) is 7.15. The van der Waals surface area contributed by atoms with Gasteiger partial charge in [-0.1, -0.05) is 19.1 Å². The average molecular weight is 352 g/mol. The summed E-state index contributed by atoms with van der Waals surface area (Å²) in [6.07, 6.45) is 0. The summed E-state index contributed by atoms with van der Waals surface area (Å²) in [5, 5.41) is 0. The van der Waals surface area contributed by atoms with Gasteiger partial charge in [0.1, 0.15) is 0 Å². The maximum Gasteiger partial charge on any atom is 0.310 e. The molecule has 0 fully saturated rings. The van der Waals surface area contributed by atoms with Crippen LogP contribution in [0.3, 0.4) is 0 Å². The Morgan fingerprint density at radius 2 is 1.72 bits per heavy atom. The number of ether oxygens (including phenoxy) is 3. The maximum absolute atomic E-state index is 12.6. The van der Waals surface area contributed by atoms with Crippen LogP contribution >= 0.6 is 0 Å². The van der Waals surface area contributed by atoms with E-state index < -0.39 is 5.92 Å². The number of hydrogen-bond donors (Lipinski definition) is 0. The third-order valence-electron chi connectivity index (χ3n) is 3.69. The van der Waals surface area contributed by atoms with E-state index in [1.165, 1.54) is 7.11 Å². The van der Waals surface area contributed by atoms with E-state index in [2.05, 4.69) is 0 Å². The van der Waals surface area contributed by atoms with Crippen LogP contribution in [0.15, 0.2) is 24.3 Å². The van der Waals surface area contributed by atoms with Crippen molar-refractivity contribution in [1.82, 2.24) is 9.80 Å². The molecule has 0 aliphatic carbocycles. The van der Waals surface area contributed by atoms with Crippen LogP contribution in [0.1, 0.15) is 6.92 Å². The molecule has 1 rings (SSSR count). The summed E-state index contributed by atoms with van der Waals surface area (Å²) < 4.78 is 15.6. The van der Waals surface area contributed by atoms with Crippen molar-refractivity contribution in [2.24, 2.45) is 5.92 Å². The Bertz CT molecular complexity index is 562. The molecule has 1 amide bonds. The summed E-state index contributed by atoms with van der Waals surface area (Å²) in [7, 11) is 6.75. The lowest BCUT2D eigenvalue weighted by molar-refractivity contribution is -0.146. The van der Waals surface area contributed by atoms with Crippen molar-refractivity contribution in [2.45, 2.75) is 6.92 Å². The van der Waals surface area contributed by atoms with Crippen molar-refractivity contribution in [3.63, 3.8) is 0 Å². The third-order valence-corrected chi connectivity index (χ3v) is 3.69. The molecule has 0 radical (unpaired) electrons. The van der Waals surface area contributed by atoms with Gasteiger partial charge in [0.05, 0.1) is 20.1 Å². The molecule has 0 bridgehead atoms. The minimum Gasteiger partial charge on any atom is -0.493 e. The molecule has 1 aromatic rings. The monoisotopic (exact) mass is 352 g/mol. The van der Waals surface area contributed by atoms with E-state index >= 15 is 0 Å². The Morgan fingerprint density at radius 3 is 2.28 bits per heavy atom. The molecule has 1 unspecified atom stereocenters. The normalized spacial score (nSPS) is 11.8. The van der Waals surface area contributed by atoms with Gasteiger partial charge in [-0.05, 0) is 26.2 Å². The SMILES string of the molecule is COC(=O)C(C)CN(CCN(C)C)C(=O)COc1ccccc1OC. The van der Waals surface area contributed by atoms with Crippen LogP contribution in [0.4, 0.5) is 0 Å². The highest BCUT2D eigenvalue weighted by Gasteiger charge is 2.22. The Kier molecular flexibility index (Phi) is 8.77. The van der Waals surface area contributed by atoms with Gasteiger partial charge in [-0.25, -0.2) is 0 Å². The first-order valence-corrected chi connectivity index (χ1v) is 8.15. The molecule has 0 saturated carbocycles. The van der Waals surface area contributed by atoms with Crippen molar-refractivity contribution in [3.05, 3.63) is 24.3 Å². The third kappa shape index (κ3) is 7.01. The van der Waals surface area contributed by atoms with E-state index in [1.54, 1.807) is 31.1 Å². The first-order chi connectivity index (χ1) is 11.9. The molecular weight excluding hydrogens is 324 g/mol. The molecule has 140 valence electrons. The highest BCUT2D eigenvalue weighted by Crippen LogP contribution is 2.25. The maximum atomic E-state index is 12.6. The molecule has 0 saturated heterocycles. The number of benzene rings is 1. The van der Waals surface area contributed by atoms with E-state index in [4.69, 9.17) is 14.2 Å². The molecule has 0 aliphatic rings. The first kappa shape index (κ1) is 20.8. The van der Waals surface area contributed by atoms with Gasteiger partial charge in [0.25, 0.3) is 5.91 Å². The fraction of sp³-hybridized carbons (Fsp3) is 0.556. The summed E-state index contributed by atoms with van der Waals surface area (Å²) >= 11 is 0. The highest BCUT2D eigenvalue weighted by molar-refractivity contribution is 5.79. The number of para-hydroxylation sites is 2. The average Bonchev–Trinajstić information content (AvgIpc) is 2.62. The van der Waals surface area contributed by atoms with E-state index in [1.807, 2.05) is 31.1 Å². The highest BCUT2D eigenvalue weighted by atomic mass is 16.5. The second-order valence-electron chi connectivity index (χ2n) is 6.01. The smallest absolute Gasteiger partial charge is 0.310 e.